The first kappa shape index (κ1) is 26.4. The lowest BCUT2D eigenvalue weighted by atomic mass is 10.1. The van der Waals surface area contributed by atoms with Gasteiger partial charge in [0.25, 0.3) is 5.91 Å². The van der Waals surface area contributed by atoms with E-state index in [-0.39, 0.29) is 36.9 Å². The summed E-state index contributed by atoms with van der Waals surface area (Å²) in [4.78, 5) is 29.1. The molecule has 0 fully saturated rings. The Kier molecular flexibility index (Phi) is 11.0. The Morgan fingerprint density at radius 2 is 1.81 bits per heavy atom. The summed E-state index contributed by atoms with van der Waals surface area (Å²) in [6.07, 6.45) is 4.05. The van der Waals surface area contributed by atoms with E-state index in [1.54, 1.807) is 19.2 Å². The first-order chi connectivity index (χ1) is 14.1. The zero-order chi connectivity index (χ0) is 20.6. The minimum atomic E-state index is -0.610. The standard InChI is InChI=1S/C23H25N3O3.2ClH/c1-16-12-20(9-5-8-17-6-3-2-4-7-17)29-23(28)21(16)22(27)26-15-19-13-18(14-24)10-11-25-19;;/h2-4,6-7,10-13H,5,8-9,14-15,24H2,1H3,(H,26,27);2*1H. The van der Waals surface area contributed by atoms with Gasteiger partial charge in [-0.05, 0) is 54.7 Å². The summed E-state index contributed by atoms with van der Waals surface area (Å²) in [5.74, 6) is 0.129. The van der Waals surface area contributed by atoms with Crippen molar-refractivity contribution in [1.29, 1.82) is 0 Å². The highest BCUT2D eigenvalue weighted by Crippen LogP contribution is 2.11. The van der Waals surface area contributed by atoms with Crippen LogP contribution in [-0.4, -0.2) is 10.9 Å². The van der Waals surface area contributed by atoms with Gasteiger partial charge < -0.3 is 15.5 Å². The van der Waals surface area contributed by atoms with Crippen LogP contribution in [0.3, 0.4) is 0 Å². The Morgan fingerprint density at radius 3 is 2.48 bits per heavy atom. The van der Waals surface area contributed by atoms with Crippen molar-refractivity contribution in [3.63, 3.8) is 0 Å². The van der Waals surface area contributed by atoms with Crippen LogP contribution in [-0.2, 0) is 25.9 Å². The summed E-state index contributed by atoms with van der Waals surface area (Å²) in [6.45, 7) is 2.36. The number of halogens is 2. The van der Waals surface area contributed by atoms with Crippen LogP contribution in [0.2, 0.25) is 0 Å². The Labute approximate surface area is 194 Å². The third kappa shape index (κ3) is 7.51. The lowest BCUT2D eigenvalue weighted by Gasteiger charge is -2.09. The van der Waals surface area contributed by atoms with Crippen LogP contribution >= 0.6 is 24.8 Å². The van der Waals surface area contributed by atoms with Crippen molar-refractivity contribution < 1.29 is 9.21 Å². The zero-order valence-corrected chi connectivity index (χ0v) is 18.9. The fraction of sp³-hybridized carbons (Fsp3) is 0.261. The van der Waals surface area contributed by atoms with Gasteiger partial charge in [0.2, 0.25) is 0 Å². The van der Waals surface area contributed by atoms with Crippen molar-refractivity contribution in [2.24, 2.45) is 5.73 Å². The fourth-order valence-corrected chi connectivity index (χ4v) is 3.19. The SMILES string of the molecule is Cc1cc(CCCc2ccccc2)oc(=O)c1C(=O)NCc1cc(CN)ccn1.Cl.Cl. The molecule has 3 N–H and O–H groups in total. The average Bonchev–Trinajstić information content (AvgIpc) is 2.73. The molecule has 0 aliphatic rings. The highest BCUT2D eigenvalue weighted by Gasteiger charge is 2.17. The van der Waals surface area contributed by atoms with E-state index in [2.05, 4.69) is 22.4 Å². The van der Waals surface area contributed by atoms with E-state index in [0.29, 0.717) is 30.0 Å². The second kappa shape index (κ2) is 12.9. The largest absolute Gasteiger partial charge is 0.427 e. The molecule has 3 rings (SSSR count). The van der Waals surface area contributed by atoms with Gasteiger partial charge in [-0.1, -0.05) is 30.3 Å². The van der Waals surface area contributed by atoms with E-state index >= 15 is 0 Å². The zero-order valence-electron chi connectivity index (χ0n) is 17.3. The highest BCUT2D eigenvalue weighted by molar-refractivity contribution is 5.95. The van der Waals surface area contributed by atoms with E-state index < -0.39 is 11.5 Å². The number of rotatable bonds is 8. The highest BCUT2D eigenvalue weighted by atomic mass is 35.5. The normalized spacial score (nSPS) is 10.0. The number of aryl methyl sites for hydroxylation is 3. The van der Waals surface area contributed by atoms with Crippen LogP contribution in [0, 0.1) is 6.92 Å². The quantitative estimate of drug-likeness (QED) is 0.529. The summed E-state index contributed by atoms with van der Waals surface area (Å²) in [7, 11) is 0. The molecule has 0 unspecified atom stereocenters. The molecular weight excluding hydrogens is 437 g/mol. The van der Waals surface area contributed by atoms with Gasteiger partial charge in [0.05, 0.1) is 12.2 Å². The number of pyridine rings is 1. The summed E-state index contributed by atoms with van der Waals surface area (Å²) in [6, 6.07) is 15.6. The first-order valence-corrected chi connectivity index (χ1v) is 9.66. The van der Waals surface area contributed by atoms with Gasteiger partial charge in [0, 0.05) is 19.2 Å². The molecule has 1 aromatic carbocycles. The molecule has 0 radical (unpaired) electrons. The molecule has 0 bridgehead atoms. The van der Waals surface area contributed by atoms with Crippen LogP contribution < -0.4 is 16.7 Å². The third-order valence-electron chi connectivity index (χ3n) is 4.71. The molecule has 2 heterocycles. The van der Waals surface area contributed by atoms with Gasteiger partial charge in [-0.3, -0.25) is 9.78 Å². The monoisotopic (exact) mass is 463 g/mol. The Bertz CT molecular complexity index is 1040. The third-order valence-corrected chi connectivity index (χ3v) is 4.71. The molecular formula is C23H27Cl2N3O3. The van der Waals surface area contributed by atoms with Crippen LogP contribution in [0.5, 0.6) is 0 Å². The number of carbonyl (C=O) groups is 1. The van der Waals surface area contributed by atoms with E-state index in [0.717, 1.165) is 18.4 Å². The Balaban J connectivity index is 0.00000240. The summed E-state index contributed by atoms with van der Waals surface area (Å²) in [5, 5.41) is 2.73. The fourth-order valence-electron chi connectivity index (χ4n) is 3.19. The van der Waals surface area contributed by atoms with Crippen molar-refractivity contribution in [3.05, 3.63) is 98.9 Å². The first-order valence-electron chi connectivity index (χ1n) is 9.66. The van der Waals surface area contributed by atoms with Crippen LogP contribution in [0.15, 0.2) is 63.9 Å². The van der Waals surface area contributed by atoms with Gasteiger partial charge in [0.1, 0.15) is 11.3 Å². The summed E-state index contributed by atoms with van der Waals surface area (Å²) < 4.78 is 5.39. The molecule has 8 heteroatoms. The topological polar surface area (TPSA) is 98.2 Å². The van der Waals surface area contributed by atoms with Crippen molar-refractivity contribution in [2.75, 3.05) is 0 Å². The van der Waals surface area contributed by atoms with Crippen molar-refractivity contribution in [3.8, 4) is 0 Å². The molecule has 0 aliphatic carbocycles. The number of hydrogen-bond donors (Lipinski definition) is 2. The second-order valence-electron chi connectivity index (χ2n) is 6.94. The number of carbonyl (C=O) groups excluding carboxylic acids is 1. The van der Waals surface area contributed by atoms with Gasteiger partial charge in [0.15, 0.2) is 0 Å². The van der Waals surface area contributed by atoms with Gasteiger partial charge >= 0.3 is 5.63 Å². The molecule has 0 spiro atoms. The lowest BCUT2D eigenvalue weighted by Crippen LogP contribution is -2.29. The minimum absolute atomic E-state index is 0. The van der Waals surface area contributed by atoms with Gasteiger partial charge in [-0.2, -0.15) is 0 Å². The van der Waals surface area contributed by atoms with E-state index in [9.17, 15) is 9.59 Å². The number of nitrogens with two attached hydrogens (primary N) is 1. The van der Waals surface area contributed by atoms with Crippen molar-refractivity contribution in [1.82, 2.24) is 10.3 Å². The molecule has 0 saturated carbocycles. The van der Waals surface area contributed by atoms with E-state index in [4.69, 9.17) is 10.2 Å². The maximum absolute atomic E-state index is 12.5. The van der Waals surface area contributed by atoms with Crippen molar-refractivity contribution in [2.45, 2.75) is 39.3 Å². The predicted molar refractivity (Wildman–Crippen MR) is 126 cm³/mol. The second-order valence-corrected chi connectivity index (χ2v) is 6.94. The summed E-state index contributed by atoms with van der Waals surface area (Å²) in [5.41, 5.74) is 8.51. The number of benzene rings is 1. The predicted octanol–water partition coefficient (Wildman–Crippen LogP) is 3.75. The number of hydrogen-bond acceptors (Lipinski definition) is 5. The number of nitrogens with zero attached hydrogens (tertiary/aromatic N) is 1. The van der Waals surface area contributed by atoms with Gasteiger partial charge in [-0.15, -0.1) is 24.8 Å². The molecule has 6 nitrogen and oxygen atoms in total. The molecule has 0 saturated heterocycles. The molecule has 166 valence electrons. The Morgan fingerprint density at radius 1 is 1.06 bits per heavy atom. The smallest absolute Gasteiger partial charge is 0.349 e. The molecule has 1 amide bonds. The number of nitrogens with one attached hydrogen (secondary N) is 1. The van der Waals surface area contributed by atoms with E-state index in [1.165, 1.54) is 5.56 Å². The minimum Gasteiger partial charge on any atom is -0.427 e. The van der Waals surface area contributed by atoms with E-state index in [1.807, 2.05) is 30.3 Å². The maximum atomic E-state index is 12.5. The van der Waals surface area contributed by atoms with Crippen LogP contribution in [0.1, 0.15) is 44.9 Å². The van der Waals surface area contributed by atoms with Crippen LogP contribution in [0.4, 0.5) is 0 Å². The molecule has 31 heavy (non-hydrogen) atoms. The number of aromatic nitrogens is 1. The number of amides is 1. The summed E-state index contributed by atoms with van der Waals surface area (Å²) >= 11 is 0. The average molecular weight is 464 g/mol. The maximum Gasteiger partial charge on any atom is 0.349 e. The molecule has 0 aliphatic heterocycles. The van der Waals surface area contributed by atoms with Gasteiger partial charge in [-0.25, -0.2) is 4.79 Å². The molecule has 3 aromatic rings. The lowest BCUT2D eigenvalue weighted by molar-refractivity contribution is 0.0945. The van der Waals surface area contributed by atoms with Crippen LogP contribution in [0.25, 0.3) is 0 Å². The van der Waals surface area contributed by atoms with Crippen molar-refractivity contribution >= 4 is 30.7 Å². The molecule has 2 aromatic heterocycles. The Hall–Kier alpha value is -2.67. The molecule has 0 atom stereocenters.